The van der Waals surface area contributed by atoms with Crippen LogP contribution in [0.3, 0.4) is 0 Å². The number of carbonyl (C=O) groups is 1. The van der Waals surface area contributed by atoms with Gasteiger partial charge in [-0.2, -0.15) is 0 Å². The van der Waals surface area contributed by atoms with Crippen molar-refractivity contribution in [3.8, 4) is 0 Å². The predicted octanol–water partition coefficient (Wildman–Crippen LogP) is 3.17. The van der Waals surface area contributed by atoms with Gasteiger partial charge >= 0.3 is 5.97 Å². The Bertz CT molecular complexity index is 463. The number of aryl methyl sites for hydroxylation is 1. The van der Waals surface area contributed by atoms with E-state index in [0.29, 0.717) is 12.8 Å². The van der Waals surface area contributed by atoms with Gasteiger partial charge in [-0.15, -0.1) is 0 Å². The van der Waals surface area contributed by atoms with Crippen LogP contribution in [-0.2, 0) is 10.2 Å². The summed E-state index contributed by atoms with van der Waals surface area (Å²) in [4.78, 5) is 11.4. The van der Waals surface area contributed by atoms with E-state index in [2.05, 4.69) is 0 Å². The van der Waals surface area contributed by atoms with Gasteiger partial charge in [0.25, 0.3) is 0 Å². The lowest BCUT2D eigenvalue weighted by molar-refractivity contribution is -0.143. The van der Waals surface area contributed by atoms with Crippen molar-refractivity contribution in [2.75, 3.05) is 0 Å². The summed E-state index contributed by atoms with van der Waals surface area (Å²) >= 11 is 0. The minimum atomic E-state index is -1.16. The first-order valence-corrected chi connectivity index (χ1v) is 5.67. The van der Waals surface area contributed by atoms with Gasteiger partial charge in [0.15, 0.2) is 0 Å². The smallest absolute Gasteiger partial charge is 0.314 e. The lowest BCUT2D eigenvalue weighted by Crippen LogP contribution is -2.33. The van der Waals surface area contributed by atoms with E-state index in [4.69, 9.17) is 0 Å². The quantitative estimate of drug-likeness (QED) is 0.862. The average molecular weight is 240 g/mol. The molecule has 17 heavy (non-hydrogen) atoms. The number of halogens is 2. The van der Waals surface area contributed by atoms with Crippen LogP contribution in [0.5, 0.6) is 0 Å². The first-order valence-electron chi connectivity index (χ1n) is 5.67. The van der Waals surface area contributed by atoms with Crippen molar-refractivity contribution < 1.29 is 18.7 Å². The third-order valence-corrected chi connectivity index (χ3v) is 3.63. The van der Waals surface area contributed by atoms with Gasteiger partial charge in [0.2, 0.25) is 0 Å². The van der Waals surface area contributed by atoms with Crippen LogP contribution in [0, 0.1) is 18.6 Å². The Balaban J connectivity index is 2.58. The Labute approximate surface area is 98.3 Å². The number of benzene rings is 1. The summed E-state index contributed by atoms with van der Waals surface area (Å²) in [5, 5.41) is 9.34. The van der Waals surface area contributed by atoms with Crippen LogP contribution < -0.4 is 0 Å². The Kier molecular flexibility index (Phi) is 2.89. The summed E-state index contributed by atoms with van der Waals surface area (Å²) in [6.45, 7) is 1.52. The summed E-state index contributed by atoms with van der Waals surface area (Å²) in [5.74, 6) is -2.40. The molecule has 1 fully saturated rings. The molecule has 1 aromatic rings. The number of carboxylic acids is 1. The summed E-state index contributed by atoms with van der Waals surface area (Å²) in [6, 6.07) is 2.12. The van der Waals surface area contributed by atoms with Crippen molar-refractivity contribution in [1.82, 2.24) is 0 Å². The van der Waals surface area contributed by atoms with E-state index in [-0.39, 0.29) is 11.1 Å². The average Bonchev–Trinajstić information content (AvgIpc) is 2.73. The van der Waals surface area contributed by atoms with E-state index in [1.807, 2.05) is 0 Å². The third kappa shape index (κ3) is 1.81. The SMILES string of the molecule is Cc1cc(C2(C(=O)O)CCCC2)c(F)cc1F. The van der Waals surface area contributed by atoms with Crippen molar-refractivity contribution in [1.29, 1.82) is 0 Å². The second-order valence-corrected chi connectivity index (χ2v) is 4.68. The van der Waals surface area contributed by atoms with Gasteiger partial charge in [-0.1, -0.05) is 12.8 Å². The maximum Gasteiger partial charge on any atom is 0.314 e. The van der Waals surface area contributed by atoms with Crippen molar-refractivity contribution >= 4 is 5.97 Å². The summed E-state index contributed by atoms with van der Waals surface area (Å²) in [6.07, 6.45) is 2.37. The number of hydrogen-bond donors (Lipinski definition) is 1. The van der Waals surface area contributed by atoms with Gasteiger partial charge in [0, 0.05) is 11.6 Å². The van der Waals surface area contributed by atoms with Gasteiger partial charge in [-0.05, 0) is 31.4 Å². The Morgan fingerprint density at radius 3 is 2.35 bits per heavy atom. The highest BCUT2D eigenvalue weighted by Gasteiger charge is 2.44. The van der Waals surface area contributed by atoms with Crippen LogP contribution in [0.25, 0.3) is 0 Å². The molecule has 0 bridgehead atoms. The molecule has 92 valence electrons. The van der Waals surface area contributed by atoms with Crippen molar-refractivity contribution in [2.24, 2.45) is 0 Å². The molecule has 0 saturated heterocycles. The van der Waals surface area contributed by atoms with E-state index in [1.165, 1.54) is 13.0 Å². The summed E-state index contributed by atoms with van der Waals surface area (Å²) in [7, 11) is 0. The second kappa shape index (κ2) is 4.09. The fourth-order valence-corrected chi connectivity index (χ4v) is 2.60. The molecule has 0 aliphatic heterocycles. The van der Waals surface area contributed by atoms with E-state index < -0.39 is 23.0 Å². The zero-order valence-corrected chi connectivity index (χ0v) is 9.59. The lowest BCUT2D eigenvalue weighted by Gasteiger charge is -2.25. The minimum Gasteiger partial charge on any atom is -0.481 e. The Hall–Kier alpha value is -1.45. The molecular weight excluding hydrogens is 226 g/mol. The normalized spacial score (nSPS) is 18.3. The van der Waals surface area contributed by atoms with Gasteiger partial charge in [0.1, 0.15) is 11.6 Å². The van der Waals surface area contributed by atoms with E-state index in [9.17, 15) is 18.7 Å². The molecule has 0 atom stereocenters. The van der Waals surface area contributed by atoms with E-state index >= 15 is 0 Å². The maximum atomic E-state index is 13.8. The monoisotopic (exact) mass is 240 g/mol. The molecule has 1 saturated carbocycles. The summed E-state index contributed by atoms with van der Waals surface area (Å²) in [5.41, 5.74) is -0.752. The number of aliphatic carboxylic acids is 1. The molecule has 2 nitrogen and oxygen atoms in total. The third-order valence-electron chi connectivity index (χ3n) is 3.63. The molecule has 1 N–H and O–H groups in total. The highest BCUT2D eigenvalue weighted by atomic mass is 19.1. The molecule has 0 aromatic heterocycles. The Morgan fingerprint density at radius 1 is 1.24 bits per heavy atom. The van der Waals surface area contributed by atoms with E-state index in [1.54, 1.807) is 0 Å². The molecule has 0 unspecified atom stereocenters. The minimum absolute atomic E-state index is 0.126. The first-order chi connectivity index (χ1) is 7.97. The van der Waals surface area contributed by atoms with E-state index in [0.717, 1.165) is 18.9 Å². The molecule has 0 radical (unpaired) electrons. The van der Waals surface area contributed by atoms with Gasteiger partial charge in [-0.3, -0.25) is 4.79 Å². The van der Waals surface area contributed by atoms with Crippen molar-refractivity contribution in [2.45, 2.75) is 38.0 Å². The van der Waals surface area contributed by atoms with Crippen LogP contribution in [0.4, 0.5) is 8.78 Å². The highest BCUT2D eigenvalue weighted by molar-refractivity contribution is 5.82. The Morgan fingerprint density at radius 2 is 1.82 bits per heavy atom. The van der Waals surface area contributed by atoms with Crippen LogP contribution in [-0.4, -0.2) is 11.1 Å². The van der Waals surface area contributed by atoms with Gasteiger partial charge in [0.05, 0.1) is 5.41 Å². The van der Waals surface area contributed by atoms with Crippen LogP contribution in [0.15, 0.2) is 12.1 Å². The molecule has 0 heterocycles. The second-order valence-electron chi connectivity index (χ2n) is 4.68. The fraction of sp³-hybridized carbons (Fsp3) is 0.462. The fourth-order valence-electron chi connectivity index (χ4n) is 2.60. The van der Waals surface area contributed by atoms with Gasteiger partial charge < -0.3 is 5.11 Å². The molecule has 2 rings (SSSR count). The zero-order chi connectivity index (χ0) is 12.6. The van der Waals surface area contributed by atoms with Crippen LogP contribution in [0.1, 0.15) is 36.8 Å². The number of rotatable bonds is 2. The molecule has 0 spiro atoms. The van der Waals surface area contributed by atoms with Gasteiger partial charge in [-0.25, -0.2) is 8.78 Å². The maximum absolute atomic E-state index is 13.8. The van der Waals surface area contributed by atoms with Crippen molar-refractivity contribution in [3.63, 3.8) is 0 Å². The molecule has 4 heteroatoms. The first kappa shape index (κ1) is 12.0. The standard InChI is InChI=1S/C13H14F2O2/c1-8-6-9(11(15)7-10(8)14)13(12(16)17)4-2-3-5-13/h6-7H,2-5H2,1H3,(H,16,17). The lowest BCUT2D eigenvalue weighted by atomic mass is 9.78. The van der Waals surface area contributed by atoms with Crippen LogP contribution in [0.2, 0.25) is 0 Å². The zero-order valence-electron chi connectivity index (χ0n) is 9.59. The molecule has 0 amide bonds. The topological polar surface area (TPSA) is 37.3 Å². The highest BCUT2D eigenvalue weighted by Crippen LogP contribution is 2.42. The van der Waals surface area contributed by atoms with Crippen LogP contribution >= 0.6 is 0 Å². The number of hydrogen-bond acceptors (Lipinski definition) is 1. The molecule has 1 aliphatic carbocycles. The summed E-state index contributed by atoms with van der Waals surface area (Å²) < 4.78 is 27.0. The molecular formula is C13H14F2O2. The largest absolute Gasteiger partial charge is 0.481 e. The molecule has 1 aliphatic rings. The van der Waals surface area contributed by atoms with Crippen molar-refractivity contribution in [3.05, 3.63) is 34.9 Å². The number of carboxylic acid groups (broad SMARTS) is 1. The molecule has 1 aromatic carbocycles. The predicted molar refractivity (Wildman–Crippen MR) is 58.9 cm³/mol.